The monoisotopic (exact) mass is 390 g/mol. The maximum Gasteiger partial charge on any atom is 0.304 e. The molecule has 1 saturated heterocycles. The van der Waals surface area contributed by atoms with Crippen LogP contribution in [0.5, 0.6) is 17.2 Å². The van der Waals surface area contributed by atoms with E-state index in [4.69, 9.17) is 19.3 Å². The number of para-hydroxylation sites is 1. The molecule has 0 bridgehead atoms. The SMILES string of the molecule is O=C(O)CC1(c2ccc(OCc3ccc(Oc4ccccc4)cc3)cc2)COC1. The number of carboxylic acid groups (broad SMARTS) is 1. The van der Waals surface area contributed by atoms with Crippen LogP contribution in [0.3, 0.4) is 0 Å². The van der Waals surface area contributed by atoms with E-state index in [2.05, 4.69) is 0 Å². The predicted octanol–water partition coefficient (Wildman–Crippen LogP) is 4.80. The minimum absolute atomic E-state index is 0.0740. The maximum atomic E-state index is 11.1. The normalized spacial score (nSPS) is 14.6. The van der Waals surface area contributed by atoms with Crippen molar-refractivity contribution in [2.24, 2.45) is 0 Å². The second kappa shape index (κ2) is 8.37. The zero-order chi connectivity index (χ0) is 20.1. The van der Waals surface area contributed by atoms with E-state index < -0.39 is 11.4 Å². The van der Waals surface area contributed by atoms with Crippen LogP contribution >= 0.6 is 0 Å². The van der Waals surface area contributed by atoms with Crippen molar-refractivity contribution in [2.75, 3.05) is 13.2 Å². The fourth-order valence-corrected chi connectivity index (χ4v) is 3.36. The van der Waals surface area contributed by atoms with Crippen LogP contribution in [0.4, 0.5) is 0 Å². The van der Waals surface area contributed by atoms with Crippen molar-refractivity contribution in [1.82, 2.24) is 0 Å². The fourth-order valence-electron chi connectivity index (χ4n) is 3.36. The summed E-state index contributed by atoms with van der Waals surface area (Å²) in [7, 11) is 0. The van der Waals surface area contributed by atoms with Crippen molar-refractivity contribution in [3.63, 3.8) is 0 Å². The van der Waals surface area contributed by atoms with Crippen LogP contribution in [0.25, 0.3) is 0 Å². The first-order valence-electron chi connectivity index (χ1n) is 9.48. The molecule has 4 rings (SSSR count). The van der Waals surface area contributed by atoms with E-state index in [-0.39, 0.29) is 6.42 Å². The molecule has 1 fully saturated rings. The highest BCUT2D eigenvalue weighted by atomic mass is 16.5. The van der Waals surface area contributed by atoms with Gasteiger partial charge in [0, 0.05) is 0 Å². The molecule has 148 valence electrons. The van der Waals surface area contributed by atoms with Gasteiger partial charge in [0.1, 0.15) is 23.9 Å². The van der Waals surface area contributed by atoms with Gasteiger partial charge in [-0.05, 0) is 47.5 Å². The molecule has 1 aliphatic heterocycles. The lowest BCUT2D eigenvalue weighted by atomic mass is 9.76. The van der Waals surface area contributed by atoms with E-state index in [1.165, 1.54) is 0 Å². The number of aliphatic carboxylic acids is 1. The van der Waals surface area contributed by atoms with E-state index in [1.54, 1.807) is 0 Å². The van der Waals surface area contributed by atoms with Crippen molar-refractivity contribution < 1.29 is 24.1 Å². The first-order valence-corrected chi connectivity index (χ1v) is 9.48. The van der Waals surface area contributed by atoms with Gasteiger partial charge in [0.05, 0.1) is 25.0 Å². The fraction of sp³-hybridized carbons (Fsp3) is 0.208. The molecule has 5 heteroatoms. The average molecular weight is 390 g/mol. The summed E-state index contributed by atoms with van der Waals surface area (Å²) in [6, 6.07) is 25.0. The Morgan fingerprint density at radius 1 is 0.862 bits per heavy atom. The van der Waals surface area contributed by atoms with Crippen LogP contribution < -0.4 is 9.47 Å². The Bertz CT molecular complexity index is 945. The molecule has 0 radical (unpaired) electrons. The summed E-state index contributed by atoms with van der Waals surface area (Å²) < 4.78 is 16.9. The van der Waals surface area contributed by atoms with Gasteiger partial charge in [-0.15, -0.1) is 0 Å². The summed E-state index contributed by atoms with van der Waals surface area (Å²) in [6.45, 7) is 1.32. The number of carboxylic acids is 1. The Morgan fingerprint density at radius 2 is 1.48 bits per heavy atom. The smallest absolute Gasteiger partial charge is 0.304 e. The summed E-state index contributed by atoms with van der Waals surface area (Å²) in [5.74, 6) is 1.50. The lowest BCUT2D eigenvalue weighted by Crippen LogP contribution is -2.48. The number of rotatable bonds is 8. The Kier molecular flexibility index (Phi) is 5.49. The van der Waals surface area contributed by atoms with Crippen LogP contribution in [-0.2, 0) is 21.6 Å². The van der Waals surface area contributed by atoms with Crippen molar-refractivity contribution in [1.29, 1.82) is 0 Å². The van der Waals surface area contributed by atoms with E-state index in [0.717, 1.165) is 28.4 Å². The highest BCUT2D eigenvalue weighted by Gasteiger charge is 2.42. The molecule has 29 heavy (non-hydrogen) atoms. The van der Waals surface area contributed by atoms with E-state index >= 15 is 0 Å². The molecule has 1 heterocycles. The number of hydrogen-bond acceptors (Lipinski definition) is 4. The highest BCUT2D eigenvalue weighted by molar-refractivity contribution is 5.69. The van der Waals surface area contributed by atoms with Gasteiger partial charge in [-0.2, -0.15) is 0 Å². The average Bonchev–Trinajstić information content (AvgIpc) is 2.71. The second-order valence-corrected chi connectivity index (χ2v) is 7.22. The standard InChI is InChI=1S/C24H22O5/c25-23(26)14-24(16-27-17-24)19-8-12-20(13-9-19)28-15-18-6-10-22(11-7-18)29-21-4-2-1-3-5-21/h1-13H,14-17H2,(H,25,26). The molecular weight excluding hydrogens is 368 g/mol. The van der Waals surface area contributed by atoms with Gasteiger partial charge < -0.3 is 19.3 Å². The third-order valence-electron chi connectivity index (χ3n) is 5.02. The Labute approximate surface area is 169 Å². The van der Waals surface area contributed by atoms with Crippen molar-refractivity contribution in [2.45, 2.75) is 18.4 Å². The first-order chi connectivity index (χ1) is 14.1. The maximum absolute atomic E-state index is 11.1. The number of benzene rings is 3. The minimum Gasteiger partial charge on any atom is -0.489 e. The molecule has 3 aromatic rings. The zero-order valence-corrected chi connectivity index (χ0v) is 15.9. The van der Waals surface area contributed by atoms with Crippen LogP contribution in [0.2, 0.25) is 0 Å². The summed E-state index contributed by atoms with van der Waals surface area (Å²) in [5, 5.41) is 9.15. The molecule has 0 spiro atoms. The molecule has 0 aliphatic carbocycles. The number of carbonyl (C=O) groups is 1. The van der Waals surface area contributed by atoms with Crippen LogP contribution in [0, 0.1) is 0 Å². The summed E-state index contributed by atoms with van der Waals surface area (Å²) >= 11 is 0. The molecular formula is C24H22O5. The summed E-state index contributed by atoms with van der Waals surface area (Å²) in [6.07, 6.45) is 0.0740. The number of hydrogen-bond donors (Lipinski definition) is 1. The molecule has 0 unspecified atom stereocenters. The Balaban J connectivity index is 1.34. The van der Waals surface area contributed by atoms with Gasteiger partial charge in [0.15, 0.2) is 0 Å². The predicted molar refractivity (Wildman–Crippen MR) is 108 cm³/mol. The van der Waals surface area contributed by atoms with E-state index in [0.29, 0.717) is 19.8 Å². The van der Waals surface area contributed by atoms with E-state index in [9.17, 15) is 4.79 Å². The zero-order valence-electron chi connectivity index (χ0n) is 15.9. The lowest BCUT2D eigenvalue weighted by Gasteiger charge is -2.40. The largest absolute Gasteiger partial charge is 0.489 e. The summed E-state index contributed by atoms with van der Waals surface area (Å²) in [5.41, 5.74) is 1.59. The molecule has 1 aliphatic rings. The van der Waals surface area contributed by atoms with Crippen LogP contribution in [0.1, 0.15) is 17.5 Å². The van der Waals surface area contributed by atoms with Crippen molar-refractivity contribution >= 4 is 5.97 Å². The molecule has 5 nitrogen and oxygen atoms in total. The second-order valence-electron chi connectivity index (χ2n) is 7.22. The van der Waals surface area contributed by atoms with Crippen molar-refractivity contribution in [3.8, 4) is 17.2 Å². The lowest BCUT2D eigenvalue weighted by molar-refractivity contribution is -0.145. The van der Waals surface area contributed by atoms with Gasteiger partial charge >= 0.3 is 5.97 Å². The minimum atomic E-state index is -0.812. The van der Waals surface area contributed by atoms with Gasteiger partial charge in [0.25, 0.3) is 0 Å². The quantitative estimate of drug-likeness (QED) is 0.598. The van der Waals surface area contributed by atoms with E-state index in [1.807, 2.05) is 78.9 Å². The summed E-state index contributed by atoms with van der Waals surface area (Å²) in [4.78, 5) is 11.1. The van der Waals surface area contributed by atoms with Crippen LogP contribution in [0.15, 0.2) is 78.9 Å². The highest BCUT2D eigenvalue weighted by Crippen LogP contribution is 2.36. The Morgan fingerprint density at radius 3 is 2.07 bits per heavy atom. The van der Waals surface area contributed by atoms with Gasteiger partial charge in [-0.25, -0.2) is 0 Å². The molecule has 0 saturated carbocycles. The van der Waals surface area contributed by atoms with Crippen molar-refractivity contribution in [3.05, 3.63) is 90.0 Å². The topological polar surface area (TPSA) is 65.0 Å². The first kappa shape index (κ1) is 19.0. The molecule has 0 aromatic heterocycles. The molecule has 0 amide bonds. The Hall–Kier alpha value is -3.31. The van der Waals surface area contributed by atoms with Gasteiger partial charge in [-0.3, -0.25) is 4.79 Å². The van der Waals surface area contributed by atoms with Gasteiger partial charge in [-0.1, -0.05) is 42.5 Å². The van der Waals surface area contributed by atoms with Crippen LogP contribution in [-0.4, -0.2) is 24.3 Å². The molecule has 1 N–H and O–H groups in total. The van der Waals surface area contributed by atoms with Gasteiger partial charge in [0.2, 0.25) is 0 Å². The number of ether oxygens (including phenoxy) is 3. The molecule has 3 aromatic carbocycles. The molecule has 0 atom stereocenters. The third-order valence-corrected chi connectivity index (χ3v) is 5.02. The third kappa shape index (κ3) is 4.58.